The average molecular weight is 195 g/mol. The molecule has 0 radical (unpaired) electrons. The molecule has 0 spiro atoms. The number of hydrogen-bond donors (Lipinski definition) is 2. The molecule has 0 bridgehead atoms. The fourth-order valence-corrected chi connectivity index (χ4v) is 1.00. The van der Waals surface area contributed by atoms with Gasteiger partial charge in [-0.05, 0) is 12.1 Å². The van der Waals surface area contributed by atoms with Crippen LogP contribution in [0.4, 0.5) is 5.69 Å². The zero-order valence-corrected chi connectivity index (χ0v) is 8.20. The van der Waals surface area contributed by atoms with Gasteiger partial charge in [-0.1, -0.05) is 6.92 Å². The van der Waals surface area contributed by atoms with Gasteiger partial charge < -0.3 is 15.2 Å². The van der Waals surface area contributed by atoms with Gasteiger partial charge in [-0.3, -0.25) is 4.79 Å². The van der Waals surface area contributed by atoms with E-state index in [0.29, 0.717) is 17.9 Å². The van der Waals surface area contributed by atoms with Crippen LogP contribution in [0.15, 0.2) is 18.2 Å². The molecule has 0 atom stereocenters. The summed E-state index contributed by atoms with van der Waals surface area (Å²) in [5, 5.41) is 12.0. The first-order valence-corrected chi connectivity index (χ1v) is 4.34. The summed E-state index contributed by atoms with van der Waals surface area (Å²) in [6, 6.07) is 4.67. The van der Waals surface area contributed by atoms with E-state index in [4.69, 9.17) is 4.74 Å². The Morgan fingerprint density at radius 1 is 1.57 bits per heavy atom. The molecule has 1 aromatic carbocycles. The van der Waals surface area contributed by atoms with Gasteiger partial charge in [0.05, 0.1) is 7.11 Å². The standard InChI is InChI=1S/C10H13NO3/c1-3-10(13)11-7-4-5-8(12)9(6-7)14-2/h4-6,12H,3H2,1-2H3,(H,11,13). The van der Waals surface area contributed by atoms with E-state index in [0.717, 1.165) is 0 Å². The van der Waals surface area contributed by atoms with E-state index in [1.807, 2.05) is 0 Å². The monoisotopic (exact) mass is 195 g/mol. The minimum absolute atomic E-state index is 0.0574. The van der Waals surface area contributed by atoms with Crippen molar-refractivity contribution in [3.63, 3.8) is 0 Å². The summed E-state index contributed by atoms with van der Waals surface area (Å²) in [6.07, 6.45) is 0.420. The number of methoxy groups -OCH3 is 1. The van der Waals surface area contributed by atoms with Gasteiger partial charge in [-0.25, -0.2) is 0 Å². The smallest absolute Gasteiger partial charge is 0.224 e. The number of benzene rings is 1. The van der Waals surface area contributed by atoms with E-state index in [-0.39, 0.29) is 11.7 Å². The molecule has 0 unspecified atom stereocenters. The molecular weight excluding hydrogens is 182 g/mol. The summed E-state index contributed by atoms with van der Waals surface area (Å²) in [7, 11) is 1.46. The Morgan fingerprint density at radius 3 is 2.86 bits per heavy atom. The van der Waals surface area contributed by atoms with Crippen molar-refractivity contribution in [1.82, 2.24) is 0 Å². The lowest BCUT2D eigenvalue weighted by Crippen LogP contribution is -2.09. The van der Waals surface area contributed by atoms with Crippen molar-refractivity contribution >= 4 is 11.6 Å². The number of carbonyl (C=O) groups excluding carboxylic acids is 1. The third-order valence-corrected chi connectivity index (χ3v) is 1.78. The van der Waals surface area contributed by atoms with E-state index >= 15 is 0 Å². The highest BCUT2D eigenvalue weighted by Gasteiger charge is 2.04. The molecule has 0 aromatic heterocycles. The first-order valence-electron chi connectivity index (χ1n) is 4.34. The van der Waals surface area contributed by atoms with E-state index in [1.54, 1.807) is 19.1 Å². The van der Waals surface area contributed by atoms with Gasteiger partial charge in [0, 0.05) is 18.2 Å². The first-order chi connectivity index (χ1) is 6.67. The third kappa shape index (κ3) is 2.39. The number of phenols is 1. The van der Waals surface area contributed by atoms with Crippen LogP contribution in [0.3, 0.4) is 0 Å². The number of ether oxygens (including phenoxy) is 1. The number of rotatable bonds is 3. The Labute approximate surface area is 82.5 Å². The Hall–Kier alpha value is -1.71. The van der Waals surface area contributed by atoms with Crippen LogP contribution < -0.4 is 10.1 Å². The molecule has 0 aliphatic heterocycles. The normalized spacial score (nSPS) is 9.57. The van der Waals surface area contributed by atoms with Crippen molar-refractivity contribution < 1.29 is 14.6 Å². The van der Waals surface area contributed by atoms with Crippen LogP contribution >= 0.6 is 0 Å². The van der Waals surface area contributed by atoms with Gasteiger partial charge in [0.1, 0.15) is 0 Å². The molecule has 0 heterocycles. The second-order valence-corrected chi connectivity index (χ2v) is 2.79. The van der Waals surface area contributed by atoms with E-state index in [2.05, 4.69) is 5.32 Å². The zero-order chi connectivity index (χ0) is 10.6. The van der Waals surface area contributed by atoms with E-state index in [9.17, 15) is 9.90 Å². The van der Waals surface area contributed by atoms with Crippen LogP contribution in [0.1, 0.15) is 13.3 Å². The van der Waals surface area contributed by atoms with Crippen molar-refractivity contribution in [2.24, 2.45) is 0 Å². The number of anilines is 1. The topological polar surface area (TPSA) is 58.6 Å². The number of nitrogens with one attached hydrogen (secondary N) is 1. The number of carbonyl (C=O) groups is 1. The van der Waals surface area contributed by atoms with E-state index in [1.165, 1.54) is 13.2 Å². The molecule has 4 nitrogen and oxygen atoms in total. The van der Waals surface area contributed by atoms with Gasteiger partial charge >= 0.3 is 0 Å². The fourth-order valence-electron chi connectivity index (χ4n) is 1.00. The van der Waals surface area contributed by atoms with Gasteiger partial charge in [-0.15, -0.1) is 0 Å². The summed E-state index contributed by atoms with van der Waals surface area (Å²) in [4.78, 5) is 11.1. The van der Waals surface area contributed by atoms with Crippen LogP contribution in [-0.2, 0) is 4.79 Å². The lowest BCUT2D eigenvalue weighted by atomic mass is 10.2. The average Bonchev–Trinajstić information content (AvgIpc) is 2.20. The summed E-state index contributed by atoms with van der Waals surface area (Å²) >= 11 is 0. The van der Waals surface area contributed by atoms with Gasteiger partial charge in [0.2, 0.25) is 5.91 Å². The highest BCUT2D eigenvalue weighted by molar-refractivity contribution is 5.90. The number of phenolic OH excluding ortho intramolecular Hbond substituents is 1. The first kappa shape index (κ1) is 10.4. The predicted molar refractivity (Wildman–Crippen MR) is 53.6 cm³/mol. The third-order valence-electron chi connectivity index (χ3n) is 1.78. The second-order valence-electron chi connectivity index (χ2n) is 2.79. The fraction of sp³-hybridized carbons (Fsp3) is 0.300. The quantitative estimate of drug-likeness (QED) is 0.722. The molecule has 1 amide bonds. The van der Waals surface area contributed by atoms with Crippen molar-refractivity contribution in [2.45, 2.75) is 13.3 Å². The molecule has 0 aliphatic rings. The number of hydrogen-bond acceptors (Lipinski definition) is 3. The minimum Gasteiger partial charge on any atom is -0.504 e. The highest BCUT2D eigenvalue weighted by Crippen LogP contribution is 2.28. The second kappa shape index (κ2) is 4.50. The Kier molecular flexibility index (Phi) is 3.34. The number of amides is 1. The van der Waals surface area contributed by atoms with Gasteiger partial charge in [0.25, 0.3) is 0 Å². The molecule has 0 saturated carbocycles. The zero-order valence-electron chi connectivity index (χ0n) is 8.20. The van der Waals surface area contributed by atoms with Crippen molar-refractivity contribution in [2.75, 3.05) is 12.4 Å². The molecule has 0 saturated heterocycles. The maximum absolute atomic E-state index is 11.1. The molecule has 1 aromatic rings. The summed E-state index contributed by atoms with van der Waals surface area (Å²) in [5.74, 6) is 0.332. The van der Waals surface area contributed by atoms with Crippen molar-refractivity contribution in [3.8, 4) is 11.5 Å². The molecule has 4 heteroatoms. The molecular formula is C10H13NO3. The minimum atomic E-state index is -0.0715. The molecule has 0 fully saturated rings. The van der Waals surface area contributed by atoms with Crippen LogP contribution in [0.25, 0.3) is 0 Å². The van der Waals surface area contributed by atoms with Crippen LogP contribution in [0, 0.1) is 0 Å². The maximum atomic E-state index is 11.1. The maximum Gasteiger partial charge on any atom is 0.224 e. The number of aromatic hydroxyl groups is 1. The molecule has 0 aliphatic carbocycles. The lowest BCUT2D eigenvalue weighted by molar-refractivity contribution is -0.115. The van der Waals surface area contributed by atoms with Crippen LogP contribution in [-0.4, -0.2) is 18.1 Å². The molecule has 14 heavy (non-hydrogen) atoms. The van der Waals surface area contributed by atoms with Crippen molar-refractivity contribution in [3.05, 3.63) is 18.2 Å². The molecule has 76 valence electrons. The Morgan fingerprint density at radius 2 is 2.29 bits per heavy atom. The highest BCUT2D eigenvalue weighted by atomic mass is 16.5. The predicted octanol–water partition coefficient (Wildman–Crippen LogP) is 1.75. The molecule has 1 rings (SSSR count). The van der Waals surface area contributed by atoms with Gasteiger partial charge in [-0.2, -0.15) is 0 Å². The SMILES string of the molecule is CCC(=O)Nc1ccc(O)c(OC)c1. The Balaban J connectivity index is 2.84. The largest absolute Gasteiger partial charge is 0.504 e. The van der Waals surface area contributed by atoms with Crippen molar-refractivity contribution in [1.29, 1.82) is 0 Å². The summed E-state index contributed by atoms with van der Waals surface area (Å²) in [5.41, 5.74) is 0.617. The van der Waals surface area contributed by atoms with Gasteiger partial charge in [0.15, 0.2) is 11.5 Å². The molecule has 2 N–H and O–H groups in total. The Bertz CT molecular complexity index is 336. The summed E-state index contributed by atoms with van der Waals surface area (Å²) < 4.78 is 4.90. The van der Waals surface area contributed by atoms with Crippen LogP contribution in [0.5, 0.6) is 11.5 Å². The summed E-state index contributed by atoms with van der Waals surface area (Å²) in [6.45, 7) is 1.77. The van der Waals surface area contributed by atoms with E-state index < -0.39 is 0 Å². The lowest BCUT2D eigenvalue weighted by Gasteiger charge is -2.07. The van der Waals surface area contributed by atoms with Crippen LogP contribution in [0.2, 0.25) is 0 Å².